The van der Waals surface area contributed by atoms with Gasteiger partial charge in [-0.15, -0.1) is 0 Å². The summed E-state index contributed by atoms with van der Waals surface area (Å²) in [6.45, 7) is 2.01. The molecule has 0 bridgehead atoms. The highest BCUT2D eigenvalue weighted by Crippen LogP contribution is 2.07. The van der Waals surface area contributed by atoms with Gasteiger partial charge in [-0.25, -0.2) is 0 Å². The SMILES string of the molecule is CN1CCCCC(O)C1. The zero-order valence-corrected chi connectivity index (χ0v) is 6.01. The topological polar surface area (TPSA) is 23.5 Å². The smallest absolute Gasteiger partial charge is 0.0667 e. The molecule has 2 heteroatoms. The molecule has 1 atom stereocenters. The van der Waals surface area contributed by atoms with Gasteiger partial charge in [-0.05, 0) is 32.9 Å². The van der Waals surface area contributed by atoms with Gasteiger partial charge in [0.15, 0.2) is 0 Å². The molecular weight excluding hydrogens is 114 g/mol. The van der Waals surface area contributed by atoms with Gasteiger partial charge < -0.3 is 10.0 Å². The van der Waals surface area contributed by atoms with Crippen molar-refractivity contribution >= 4 is 0 Å². The summed E-state index contributed by atoms with van der Waals surface area (Å²) in [7, 11) is 2.06. The van der Waals surface area contributed by atoms with Crippen LogP contribution in [0.3, 0.4) is 0 Å². The Bertz CT molecular complexity index is 75.0. The highest BCUT2D eigenvalue weighted by atomic mass is 16.3. The van der Waals surface area contributed by atoms with Crippen molar-refractivity contribution in [3.05, 3.63) is 0 Å². The first-order valence-corrected chi connectivity index (χ1v) is 3.65. The van der Waals surface area contributed by atoms with E-state index in [4.69, 9.17) is 0 Å². The Hall–Kier alpha value is -0.0800. The van der Waals surface area contributed by atoms with Crippen molar-refractivity contribution in [1.29, 1.82) is 0 Å². The molecule has 1 fully saturated rings. The van der Waals surface area contributed by atoms with E-state index < -0.39 is 0 Å². The van der Waals surface area contributed by atoms with Crippen molar-refractivity contribution < 1.29 is 5.11 Å². The third-order valence-corrected chi connectivity index (χ3v) is 1.85. The molecule has 54 valence electrons. The fourth-order valence-electron chi connectivity index (χ4n) is 1.30. The summed E-state index contributed by atoms with van der Waals surface area (Å²) in [5, 5.41) is 9.22. The van der Waals surface area contributed by atoms with E-state index in [-0.39, 0.29) is 6.10 Å². The summed E-state index contributed by atoms with van der Waals surface area (Å²) in [6, 6.07) is 0. The van der Waals surface area contributed by atoms with Gasteiger partial charge >= 0.3 is 0 Å². The third kappa shape index (κ3) is 2.33. The molecule has 1 unspecified atom stereocenters. The van der Waals surface area contributed by atoms with Crippen molar-refractivity contribution in [2.24, 2.45) is 0 Å². The quantitative estimate of drug-likeness (QED) is 0.513. The molecule has 0 amide bonds. The largest absolute Gasteiger partial charge is 0.392 e. The van der Waals surface area contributed by atoms with Gasteiger partial charge in [-0.3, -0.25) is 0 Å². The second-order valence-corrected chi connectivity index (χ2v) is 2.91. The van der Waals surface area contributed by atoms with Gasteiger partial charge in [-0.1, -0.05) is 0 Å². The molecule has 0 radical (unpaired) electrons. The van der Waals surface area contributed by atoms with E-state index >= 15 is 0 Å². The molecule has 0 saturated carbocycles. The van der Waals surface area contributed by atoms with Gasteiger partial charge in [0.2, 0.25) is 0 Å². The van der Waals surface area contributed by atoms with Crippen LogP contribution < -0.4 is 0 Å². The number of rotatable bonds is 0. The number of hydrogen-bond donors (Lipinski definition) is 1. The normalized spacial score (nSPS) is 32.0. The molecule has 9 heavy (non-hydrogen) atoms. The van der Waals surface area contributed by atoms with Crippen LogP contribution in [0.1, 0.15) is 19.3 Å². The summed E-state index contributed by atoms with van der Waals surface area (Å²) in [4.78, 5) is 2.19. The number of β-amino-alcohol motifs (C(OH)–C–C–N with tert-alkyl or cyclic N) is 1. The Morgan fingerprint density at radius 2 is 2.22 bits per heavy atom. The first kappa shape index (κ1) is 7.03. The first-order chi connectivity index (χ1) is 4.29. The van der Waals surface area contributed by atoms with E-state index in [0.29, 0.717) is 0 Å². The summed E-state index contributed by atoms with van der Waals surface area (Å²) >= 11 is 0. The van der Waals surface area contributed by atoms with Crippen molar-refractivity contribution in [1.82, 2.24) is 4.90 Å². The number of aliphatic hydroxyl groups is 1. The summed E-state index contributed by atoms with van der Waals surface area (Å²) < 4.78 is 0. The Labute approximate surface area is 56.5 Å². The zero-order valence-electron chi connectivity index (χ0n) is 6.01. The molecule has 1 N–H and O–H groups in total. The van der Waals surface area contributed by atoms with Gasteiger partial charge in [0.25, 0.3) is 0 Å². The van der Waals surface area contributed by atoms with Crippen LogP contribution in [-0.4, -0.2) is 36.2 Å². The highest BCUT2D eigenvalue weighted by Gasteiger charge is 2.11. The molecule has 0 aromatic rings. The van der Waals surface area contributed by atoms with Crippen LogP contribution in [0.25, 0.3) is 0 Å². The average Bonchev–Trinajstić information content (AvgIpc) is 1.93. The second-order valence-electron chi connectivity index (χ2n) is 2.91. The number of likely N-dealkylation sites (N-methyl/N-ethyl adjacent to an activating group) is 1. The Morgan fingerprint density at radius 1 is 1.44 bits per heavy atom. The molecule has 0 aliphatic carbocycles. The van der Waals surface area contributed by atoms with Crippen LogP contribution in [0.15, 0.2) is 0 Å². The maximum Gasteiger partial charge on any atom is 0.0667 e. The fraction of sp³-hybridized carbons (Fsp3) is 1.00. The van der Waals surface area contributed by atoms with Gasteiger partial charge in [-0.2, -0.15) is 0 Å². The lowest BCUT2D eigenvalue weighted by molar-refractivity contribution is 0.133. The fourth-order valence-corrected chi connectivity index (χ4v) is 1.30. The van der Waals surface area contributed by atoms with E-state index in [9.17, 15) is 5.11 Å². The molecule has 1 rings (SSSR count). The maximum atomic E-state index is 9.22. The standard InChI is InChI=1S/C7H15NO/c1-8-5-3-2-4-7(9)6-8/h7,9H,2-6H2,1H3. The van der Waals surface area contributed by atoms with Crippen molar-refractivity contribution in [3.8, 4) is 0 Å². The number of likely N-dealkylation sites (tertiary alicyclic amines) is 1. The molecular formula is C7H15NO. The van der Waals surface area contributed by atoms with E-state index in [2.05, 4.69) is 11.9 Å². The first-order valence-electron chi connectivity index (χ1n) is 3.65. The monoisotopic (exact) mass is 129 g/mol. The average molecular weight is 129 g/mol. The van der Waals surface area contributed by atoms with Gasteiger partial charge in [0.1, 0.15) is 0 Å². The molecule has 0 aromatic heterocycles. The lowest BCUT2D eigenvalue weighted by Crippen LogP contribution is -2.26. The molecule has 1 aliphatic heterocycles. The van der Waals surface area contributed by atoms with Gasteiger partial charge in [0, 0.05) is 6.54 Å². The van der Waals surface area contributed by atoms with E-state index in [0.717, 1.165) is 19.5 Å². The number of nitrogens with zero attached hydrogens (tertiary/aromatic N) is 1. The van der Waals surface area contributed by atoms with Crippen LogP contribution in [0.5, 0.6) is 0 Å². The van der Waals surface area contributed by atoms with Crippen LogP contribution in [0.2, 0.25) is 0 Å². The molecule has 1 heterocycles. The Balaban J connectivity index is 2.29. The van der Waals surface area contributed by atoms with Crippen LogP contribution in [-0.2, 0) is 0 Å². The Kier molecular flexibility index (Phi) is 2.49. The van der Waals surface area contributed by atoms with Crippen molar-refractivity contribution in [3.63, 3.8) is 0 Å². The molecule has 0 spiro atoms. The molecule has 1 saturated heterocycles. The highest BCUT2D eigenvalue weighted by molar-refractivity contribution is 4.66. The molecule has 0 aromatic carbocycles. The van der Waals surface area contributed by atoms with Crippen molar-refractivity contribution in [2.75, 3.05) is 20.1 Å². The summed E-state index contributed by atoms with van der Waals surface area (Å²) in [5.74, 6) is 0. The van der Waals surface area contributed by atoms with E-state index in [1.165, 1.54) is 12.8 Å². The predicted octanol–water partition coefficient (Wildman–Crippen LogP) is 0.463. The maximum absolute atomic E-state index is 9.22. The molecule has 1 aliphatic rings. The summed E-state index contributed by atoms with van der Waals surface area (Å²) in [5.41, 5.74) is 0. The lowest BCUT2D eigenvalue weighted by Gasteiger charge is -2.14. The minimum atomic E-state index is -0.0718. The lowest BCUT2D eigenvalue weighted by atomic mass is 10.2. The van der Waals surface area contributed by atoms with Crippen molar-refractivity contribution in [2.45, 2.75) is 25.4 Å². The second kappa shape index (κ2) is 3.18. The predicted molar refractivity (Wildman–Crippen MR) is 37.4 cm³/mol. The van der Waals surface area contributed by atoms with Crippen LogP contribution >= 0.6 is 0 Å². The van der Waals surface area contributed by atoms with Crippen LogP contribution in [0, 0.1) is 0 Å². The number of aliphatic hydroxyl groups excluding tert-OH is 1. The molecule has 2 nitrogen and oxygen atoms in total. The Morgan fingerprint density at radius 3 is 3.00 bits per heavy atom. The zero-order chi connectivity index (χ0) is 6.69. The minimum absolute atomic E-state index is 0.0718. The van der Waals surface area contributed by atoms with E-state index in [1.54, 1.807) is 0 Å². The summed E-state index contributed by atoms with van der Waals surface area (Å²) in [6.07, 6.45) is 3.35. The van der Waals surface area contributed by atoms with Gasteiger partial charge in [0.05, 0.1) is 6.10 Å². The van der Waals surface area contributed by atoms with E-state index in [1.807, 2.05) is 0 Å². The minimum Gasteiger partial charge on any atom is -0.392 e. The number of hydrogen-bond acceptors (Lipinski definition) is 2. The van der Waals surface area contributed by atoms with Crippen LogP contribution in [0.4, 0.5) is 0 Å². The third-order valence-electron chi connectivity index (χ3n) is 1.85.